The van der Waals surface area contributed by atoms with Gasteiger partial charge in [0, 0.05) is 25.7 Å². The maximum Gasteiger partial charge on any atom is 0.234 e. The molecule has 2 aromatic heterocycles. The molecule has 0 saturated heterocycles. The third-order valence-electron chi connectivity index (χ3n) is 3.88. The fraction of sp³-hybridized carbons (Fsp3) is 0.500. The molecule has 0 aromatic carbocycles. The molecule has 108 valence electrons. The second-order valence-electron chi connectivity index (χ2n) is 5.33. The Kier molecular flexibility index (Phi) is 3.34. The largest absolute Gasteiger partial charge is 0.480 e. The summed E-state index contributed by atoms with van der Waals surface area (Å²) in [6, 6.07) is 2.00. The second kappa shape index (κ2) is 4.90. The molecule has 4 nitrogen and oxygen atoms in total. The van der Waals surface area contributed by atoms with E-state index in [1.165, 1.54) is 7.11 Å². The smallest absolute Gasteiger partial charge is 0.234 e. The Bertz CT molecular complexity index is 668. The lowest BCUT2D eigenvalue weighted by atomic mass is 10.2. The number of rotatable bonds is 2. The van der Waals surface area contributed by atoms with Crippen LogP contribution in [0.25, 0.3) is 11.0 Å². The Hall–Kier alpha value is -1.33. The van der Waals surface area contributed by atoms with Crippen molar-refractivity contribution >= 4 is 22.6 Å². The number of halogens is 2. The van der Waals surface area contributed by atoms with Crippen LogP contribution in [0.2, 0.25) is 5.02 Å². The number of ether oxygens (including phenoxy) is 1. The van der Waals surface area contributed by atoms with Crippen LogP contribution in [-0.2, 0) is 13.1 Å². The van der Waals surface area contributed by atoms with E-state index in [2.05, 4.69) is 23.7 Å². The zero-order valence-electron chi connectivity index (χ0n) is 11.8. The van der Waals surface area contributed by atoms with Gasteiger partial charge in [-0.1, -0.05) is 11.6 Å². The molecule has 0 bridgehead atoms. The van der Waals surface area contributed by atoms with E-state index in [1.54, 1.807) is 6.07 Å². The maximum atomic E-state index is 14.6. The summed E-state index contributed by atoms with van der Waals surface area (Å²) in [7, 11) is 1.51. The predicted molar refractivity (Wildman–Crippen MR) is 76.8 cm³/mol. The molecule has 0 atom stereocenters. The lowest BCUT2D eigenvalue weighted by Gasteiger charge is -2.31. The van der Waals surface area contributed by atoms with Gasteiger partial charge in [-0.05, 0) is 19.9 Å². The minimum Gasteiger partial charge on any atom is -0.480 e. The number of pyridine rings is 1. The molecule has 0 aliphatic carbocycles. The van der Waals surface area contributed by atoms with Crippen molar-refractivity contribution in [3.63, 3.8) is 0 Å². The molecular weight excluding hydrogens is 281 g/mol. The molecule has 20 heavy (non-hydrogen) atoms. The third-order valence-corrected chi connectivity index (χ3v) is 4.15. The Labute approximate surface area is 122 Å². The summed E-state index contributed by atoms with van der Waals surface area (Å²) in [5, 5.41) is 0.805. The van der Waals surface area contributed by atoms with Crippen molar-refractivity contribution < 1.29 is 9.13 Å². The van der Waals surface area contributed by atoms with Gasteiger partial charge in [-0.15, -0.1) is 0 Å². The number of aromatic nitrogens is 2. The molecule has 0 spiro atoms. The number of fused-ring (bicyclic) bond motifs is 3. The summed E-state index contributed by atoms with van der Waals surface area (Å²) in [5.41, 5.74) is 1.29. The molecule has 0 unspecified atom stereocenters. The summed E-state index contributed by atoms with van der Waals surface area (Å²) in [6.07, 6.45) is 0. The van der Waals surface area contributed by atoms with Gasteiger partial charge in [0.1, 0.15) is 10.7 Å². The lowest BCUT2D eigenvalue weighted by Crippen LogP contribution is -2.38. The van der Waals surface area contributed by atoms with Crippen molar-refractivity contribution in [1.82, 2.24) is 14.5 Å². The predicted octanol–water partition coefficient (Wildman–Crippen LogP) is 3.06. The quantitative estimate of drug-likeness (QED) is 0.853. The highest BCUT2D eigenvalue weighted by atomic mass is 35.5. The molecular formula is C14H17ClFN3O. The summed E-state index contributed by atoms with van der Waals surface area (Å²) < 4.78 is 21.6. The minimum atomic E-state index is -0.220. The van der Waals surface area contributed by atoms with Crippen LogP contribution in [0.4, 0.5) is 4.39 Å². The Morgan fingerprint density at radius 2 is 2.15 bits per heavy atom. The van der Waals surface area contributed by atoms with Gasteiger partial charge in [0.05, 0.1) is 18.2 Å². The molecule has 1 aliphatic rings. The van der Waals surface area contributed by atoms with E-state index < -0.39 is 0 Å². The third kappa shape index (κ3) is 1.96. The first-order chi connectivity index (χ1) is 9.52. The first-order valence-corrected chi connectivity index (χ1v) is 7.06. The van der Waals surface area contributed by atoms with Crippen LogP contribution in [0.1, 0.15) is 19.5 Å². The van der Waals surface area contributed by atoms with Crippen LogP contribution in [0.15, 0.2) is 6.07 Å². The Balaban J connectivity index is 2.17. The van der Waals surface area contributed by atoms with Gasteiger partial charge >= 0.3 is 0 Å². The Morgan fingerprint density at radius 3 is 2.80 bits per heavy atom. The summed E-state index contributed by atoms with van der Waals surface area (Å²) in [6.45, 7) is 6.45. The first kappa shape index (κ1) is 13.6. The molecule has 0 radical (unpaired) electrons. The van der Waals surface area contributed by atoms with Crippen LogP contribution in [0, 0.1) is 5.82 Å². The van der Waals surface area contributed by atoms with E-state index in [0.717, 1.165) is 13.1 Å². The summed E-state index contributed by atoms with van der Waals surface area (Å²) >= 11 is 6.04. The van der Waals surface area contributed by atoms with E-state index >= 15 is 0 Å². The van der Waals surface area contributed by atoms with Crippen LogP contribution >= 0.6 is 11.6 Å². The van der Waals surface area contributed by atoms with Crippen LogP contribution in [0.3, 0.4) is 0 Å². The van der Waals surface area contributed by atoms with Crippen molar-refractivity contribution in [3.8, 4) is 5.88 Å². The maximum absolute atomic E-state index is 14.6. The van der Waals surface area contributed by atoms with Gasteiger partial charge in [0.15, 0.2) is 5.82 Å². The van der Waals surface area contributed by atoms with Crippen molar-refractivity contribution in [1.29, 1.82) is 0 Å². The van der Waals surface area contributed by atoms with E-state index in [1.807, 2.05) is 4.57 Å². The van der Waals surface area contributed by atoms with Gasteiger partial charge in [-0.25, -0.2) is 4.39 Å². The van der Waals surface area contributed by atoms with E-state index in [-0.39, 0.29) is 5.82 Å². The number of methoxy groups -OCH3 is 1. The van der Waals surface area contributed by atoms with Gasteiger partial charge in [0.25, 0.3) is 0 Å². The molecule has 0 N–H and O–H groups in total. The van der Waals surface area contributed by atoms with Crippen LogP contribution in [0.5, 0.6) is 5.88 Å². The van der Waals surface area contributed by atoms with Gasteiger partial charge in [0.2, 0.25) is 5.88 Å². The molecule has 0 saturated carbocycles. The summed E-state index contributed by atoms with van der Waals surface area (Å²) in [5.74, 6) is 0.119. The van der Waals surface area contributed by atoms with Gasteiger partial charge < -0.3 is 9.30 Å². The monoisotopic (exact) mass is 297 g/mol. The lowest BCUT2D eigenvalue weighted by molar-refractivity contribution is 0.175. The summed E-state index contributed by atoms with van der Waals surface area (Å²) in [4.78, 5) is 6.59. The van der Waals surface area contributed by atoms with Crippen molar-refractivity contribution in [2.45, 2.75) is 33.0 Å². The highest BCUT2D eigenvalue weighted by Crippen LogP contribution is 2.33. The highest BCUT2D eigenvalue weighted by Gasteiger charge is 2.26. The molecule has 0 amide bonds. The minimum absolute atomic E-state index is 0.220. The van der Waals surface area contributed by atoms with Crippen molar-refractivity contribution in [2.75, 3.05) is 13.7 Å². The second-order valence-corrected chi connectivity index (χ2v) is 5.73. The molecule has 0 fully saturated rings. The SMILES string of the molecule is COc1nc2c(cc1Cl)c(F)c1n2CCN(C(C)C)C1. The van der Waals surface area contributed by atoms with Gasteiger partial charge in [-0.2, -0.15) is 4.98 Å². The van der Waals surface area contributed by atoms with E-state index in [9.17, 15) is 4.39 Å². The van der Waals surface area contributed by atoms with Crippen LogP contribution < -0.4 is 4.74 Å². The Morgan fingerprint density at radius 1 is 1.40 bits per heavy atom. The standard InChI is InChI=1S/C14H17ClFN3O/c1-8(2)18-4-5-19-11(7-18)12(16)9-6-10(15)14(20-3)17-13(9)19/h6,8H,4-5,7H2,1-3H3. The average Bonchev–Trinajstić information content (AvgIpc) is 2.70. The van der Waals surface area contributed by atoms with E-state index in [4.69, 9.17) is 16.3 Å². The fourth-order valence-corrected chi connectivity index (χ4v) is 2.94. The normalized spacial score (nSPS) is 15.9. The zero-order chi connectivity index (χ0) is 14.4. The number of hydrogen-bond acceptors (Lipinski definition) is 3. The van der Waals surface area contributed by atoms with Crippen molar-refractivity contribution in [3.05, 3.63) is 22.6 Å². The molecule has 2 aromatic rings. The molecule has 3 rings (SSSR count). The molecule has 6 heteroatoms. The topological polar surface area (TPSA) is 30.3 Å². The average molecular weight is 298 g/mol. The zero-order valence-corrected chi connectivity index (χ0v) is 12.5. The fourth-order valence-electron chi connectivity index (χ4n) is 2.71. The van der Waals surface area contributed by atoms with Crippen molar-refractivity contribution in [2.24, 2.45) is 0 Å². The number of hydrogen-bond donors (Lipinski definition) is 0. The molecule has 3 heterocycles. The molecule has 1 aliphatic heterocycles. The van der Waals surface area contributed by atoms with E-state index in [0.29, 0.717) is 40.2 Å². The highest BCUT2D eigenvalue weighted by molar-refractivity contribution is 6.32. The van der Waals surface area contributed by atoms with Crippen LogP contribution in [-0.4, -0.2) is 34.1 Å². The first-order valence-electron chi connectivity index (χ1n) is 6.68. The number of nitrogens with zero attached hydrogens (tertiary/aromatic N) is 3. The van der Waals surface area contributed by atoms with Gasteiger partial charge in [-0.3, -0.25) is 4.90 Å².